The molecule has 1 aliphatic heterocycles. The quantitative estimate of drug-likeness (QED) is 0.109. The van der Waals surface area contributed by atoms with Gasteiger partial charge in [0.15, 0.2) is 9.96 Å². The Morgan fingerprint density at radius 3 is 2.45 bits per heavy atom. The van der Waals surface area contributed by atoms with E-state index in [1.165, 1.54) is 17.4 Å². The number of thiazole rings is 1. The minimum atomic E-state index is -0.835. The number of benzene rings is 3. The maximum atomic E-state index is 14.5. The van der Waals surface area contributed by atoms with E-state index in [4.69, 9.17) is 9.73 Å². The van der Waals surface area contributed by atoms with E-state index in [0.29, 0.717) is 60.6 Å². The van der Waals surface area contributed by atoms with Crippen molar-refractivity contribution in [1.29, 1.82) is 0 Å². The smallest absolute Gasteiger partial charge is 0.283 e. The van der Waals surface area contributed by atoms with Gasteiger partial charge in [-0.15, -0.1) is 0 Å². The first kappa shape index (κ1) is 33.7. The molecule has 13 heteroatoms. The molecule has 0 saturated heterocycles. The Balaban J connectivity index is 1.54. The minimum Gasteiger partial charge on any atom is -0.496 e. The Morgan fingerprint density at radius 2 is 1.78 bits per heavy atom. The van der Waals surface area contributed by atoms with E-state index in [9.17, 15) is 19.7 Å². The van der Waals surface area contributed by atoms with Crippen LogP contribution >= 0.6 is 23.1 Å². The molecule has 49 heavy (non-hydrogen) atoms. The van der Waals surface area contributed by atoms with Gasteiger partial charge in [0, 0.05) is 36.1 Å². The molecule has 2 aromatic heterocycles. The van der Waals surface area contributed by atoms with Crippen molar-refractivity contribution >= 4 is 51.5 Å². The fourth-order valence-corrected chi connectivity index (χ4v) is 8.12. The van der Waals surface area contributed by atoms with E-state index >= 15 is 0 Å². The number of nitro groups is 1. The molecule has 0 bridgehead atoms. The Labute approximate surface area is 290 Å². The molecule has 0 fully saturated rings. The number of nitro benzene ring substituents is 1. The number of aryl methyl sites for hydroxylation is 2. The number of rotatable bonds is 9. The van der Waals surface area contributed by atoms with Crippen molar-refractivity contribution < 1.29 is 14.5 Å². The van der Waals surface area contributed by atoms with Crippen LogP contribution in [0.2, 0.25) is 0 Å². The molecule has 6 rings (SSSR count). The molecule has 0 spiro atoms. The topological polar surface area (TPSA) is 133 Å². The number of hydrogen-bond acceptors (Lipinski definition) is 10. The lowest BCUT2D eigenvalue weighted by molar-refractivity contribution is -0.387. The Kier molecular flexibility index (Phi) is 9.48. The van der Waals surface area contributed by atoms with Crippen LogP contribution in [0.5, 0.6) is 5.75 Å². The molecule has 250 valence electrons. The summed E-state index contributed by atoms with van der Waals surface area (Å²) in [5, 5.41) is 14.4. The molecule has 1 amide bonds. The molecule has 1 atom stereocenters. The zero-order valence-electron chi connectivity index (χ0n) is 27.9. The first-order valence-corrected chi connectivity index (χ1v) is 17.3. The number of carbonyl (C=O) groups is 1. The molecule has 5 aromatic rings. The molecule has 0 radical (unpaired) electrons. The van der Waals surface area contributed by atoms with E-state index in [2.05, 4.69) is 9.97 Å². The van der Waals surface area contributed by atoms with Gasteiger partial charge in [-0.2, -0.15) is 0 Å². The van der Waals surface area contributed by atoms with Crippen LogP contribution in [0.1, 0.15) is 49.3 Å². The molecule has 0 unspecified atom stereocenters. The van der Waals surface area contributed by atoms with Gasteiger partial charge in [-0.05, 0) is 87.0 Å². The molecule has 3 heterocycles. The van der Waals surface area contributed by atoms with Gasteiger partial charge in [-0.3, -0.25) is 24.3 Å². The summed E-state index contributed by atoms with van der Waals surface area (Å²) in [4.78, 5) is 56.5. The van der Waals surface area contributed by atoms with Gasteiger partial charge in [-0.25, -0.2) is 15.0 Å². The summed E-state index contributed by atoms with van der Waals surface area (Å²) in [5.74, 6) is 0.325. The number of likely N-dealkylation sites (N-methyl/N-ethyl adjacent to an activating group) is 1. The van der Waals surface area contributed by atoms with Crippen LogP contribution in [0, 0.1) is 24.0 Å². The number of aromatic nitrogens is 3. The third-order valence-corrected chi connectivity index (χ3v) is 10.3. The van der Waals surface area contributed by atoms with Crippen LogP contribution in [-0.2, 0) is 4.79 Å². The van der Waals surface area contributed by atoms with Crippen molar-refractivity contribution in [1.82, 2.24) is 19.4 Å². The number of fused-ring (bicyclic) bond motifs is 2. The van der Waals surface area contributed by atoms with Gasteiger partial charge < -0.3 is 9.64 Å². The lowest BCUT2D eigenvalue weighted by Crippen LogP contribution is -2.43. The van der Waals surface area contributed by atoms with Crippen molar-refractivity contribution in [2.75, 3.05) is 20.2 Å². The third kappa shape index (κ3) is 6.39. The largest absolute Gasteiger partial charge is 0.496 e. The van der Waals surface area contributed by atoms with Crippen LogP contribution < -0.4 is 19.6 Å². The molecular weight excluding hydrogens is 661 g/mol. The summed E-state index contributed by atoms with van der Waals surface area (Å²) in [6.07, 6.45) is 1.63. The number of allylic oxidation sites excluding steroid dienone is 1. The van der Waals surface area contributed by atoms with Gasteiger partial charge >= 0.3 is 0 Å². The van der Waals surface area contributed by atoms with Gasteiger partial charge in [0.1, 0.15) is 11.8 Å². The molecule has 1 aliphatic rings. The van der Waals surface area contributed by atoms with Crippen molar-refractivity contribution in [2.45, 2.75) is 50.7 Å². The average Bonchev–Trinajstić information content (AvgIpc) is 3.37. The van der Waals surface area contributed by atoms with Crippen LogP contribution in [0.4, 0.5) is 5.69 Å². The van der Waals surface area contributed by atoms with Gasteiger partial charge in [0.05, 0.1) is 32.7 Å². The van der Waals surface area contributed by atoms with Crippen molar-refractivity contribution in [3.05, 3.63) is 124 Å². The molecule has 3 aromatic carbocycles. The summed E-state index contributed by atoms with van der Waals surface area (Å²) in [6.45, 7) is 10.3. The Hall–Kier alpha value is -5.14. The molecular formula is C36H34N6O5S2. The Bertz CT molecular complexity index is 2340. The van der Waals surface area contributed by atoms with Crippen molar-refractivity contribution in [3.8, 4) is 5.75 Å². The second-order valence-electron chi connectivity index (χ2n) is 11.5. The number of ether oxygens (including phenoxy) is 1. The lowest BCUT2D eigenvalue weighted by Gasteiger charge is -2.30. The van der Waals surface area contributed by atoms with E-state index in [0.717, 1.165) is 33.9 Å². The highest BCUT2D eigenvalue weighted by molar-refractivity contribution is 7.99. The molecule has 0 aliphatic carbocycles. The van der Waals surface area contributed by atoms with Crippen LogP contribution in [0.3, 0.4) is 0 Å². The number of methoxy groups -OCH3 is 1. The lowest BCUT2D eigenvalue weighted by atomic mass is 9.90. The summed E-state index contributed by atoms with van der Waals surface area (Å²) in [5.41, 5.74) is 3.09. The minimum absolute atomic E-state index is 0.129. The molecule has 0 N–H and O–H groups in total. The summed E-state index contributed by atoms with van der Waals surface area (Å²) < 4.78 is 7.75. The second-order valence-corrected chi connectivity index (χ2v) is 13.5. The van der Waals surface area contributed by atoms with Gasteiger partial charge in [-0.1, -0.05) is 47.7 Å². The number of carbonyl (C=O) groups excluding carboxylic acids is 1. The van der Waals surface area contributed by atoms with Gasteiger partial charge in [0.2, 0.25) is 0 Å². The van der Waals surface area contributed by atoms with Crippen LogP contribution in [-0.4, -0.2) is 50.5 Å². The van der Waals surface area contributed by atoms with E-state index in [-0.39, 0.29) is 17.2 Å². The number of hydrogen-bond donors (Lipinski definition) is 0. The SMILES string of the molecule is CCN(CC)C(=O)C1=C(C)N=c2s/c(=C\c3ccc(Sc4nc(C)cc(C)n4)c([N+](=O)[O-])c3)c(=O)n2[C@H]1c1c(OC)ccc2ccccc12. The fraction of sp³-hybridized carbons (Fsp3) is 0.250. The van der Waals surface area contributed by atoms with Gasteiger partial charge in [0.25, 0.3) is 17.2 Å². The second kappa shape index (κ2) is 13.8. The highest BCUT2D eigenvalue weighted by atomic mass is 32.2. The summed E-state index contributed by atoms with van der Waals surface area (Å²) in [7, 11) is 1.57. The van der Waals surface area contributed by atoms with Crippen molar-refractivity contribution in [2.24, 2.45) is 4.99 Å². The van der Waals surface area contributed by atoms with Crippen molar-refractivity contribution in [3.63, 3.8) is 0 Å². The number of nitrogens with zero attached hydrogens (tertiary/aromatic N) is 6. The van der Waals surface area contributed by atoms with E-state index < -0.39 is 11.0 Å². The first-order valence-electron chi connectivity index (χ1n) is 15.7. The van der Waals surface area contributed by atoms with Crippen LogP contribution in [0.15, 0.2) is 91.8 Å². The maximum absolute atomic E-state index is 14.5. The standard InChI is InChI=1S/C36H34N6O5S2/c1-7-40(8-2)34(44)30-22(5)39-36-41(32(30)31-25-12-10-9-11-24(25)14-15-27(31)47-6)33(43)29(49-36)19-23-13-16-28(26(18-23)42(45)46)48-35-37-20(3)17-21(4)38-35/h9-19,32H,7-8H2,1-6H3/b29-19-/t32-/m1/s1. The summed E-state index contributed by atoms with van der Waals surface area (Å²) >= 11 is 2.28. The average molecular weight is 695 g/mol. The normalized spacial score (nSPS) is 14.5. The van der Waals surface area contributed by atoms with Crippen LogP contribution in [0.25, 0.3) is 16.8 Å². The first-order chi connectivity index (χ1) is 23.5. The zero-order valence-corrected chi connectivity index (χ0v) is 29.5. The maximum Gasteiger partial charge on any atom is 0.283 e. The Morgan fingerprint density at radius 1 is 1.06 bits per heavy atom. The predicted octanol–water partition coefficient (Wildman–Crippen LogP) is 5.73. The number of amides is 1. The summed E-state index contributed by atoms with van der Waals surface area (Å²) in [6, 6.07) is 17.4. The monoisotopic (exact) mass is 694 g/mol. The molecule has 0 saturated carbocycles. The highest BCUT2D eigenvalue weighted by Gasteiger charge is 2.36. The molecule has 11 nitrogen and oxygen atoms in total. The van der Waals surface area contributed by atoms with E-state index in [1.807, 2.05) is 70.2 Å². The zero-order chi connectivity index (χ0) is 35.0. The fourth-order valence-electron chi connectivity index (χ4n) is 6.13. The third-order valence-electron chi connectivity index (χ3n) is 8.37. The predicted molar refractivity (Wildman–Crippen MR) is 191 cm³/mol. The highest BCUT2D eigenvalue weighted by Crippen LogP contribution is 2.40. The van der Waals surface area contributed by atoms with E-state index in [1.54, 1.807) is 41.7 Å².